The number of hydrogen-bond acceptors (Lipinski definition) is 2. The van der Waals surface area contributed by atoms with Gasteiger partial charge in [-0.1, -0.05) is 49.2 Å². The van der Waals surface area contributed by atoms with Crippen LogP contribution in [0.4, 0.5) is 21.0 Å². The van der Waals surface area contributed by atoms with Crippen LogP contribution in [0.2, 0.25) is 0 Å². The molecular weight excluding hydrogens is 328 g/mol. The molecule has 2 atom stereocenters. The number of carbonyl (C=O) groups is 2. The lowest BCUT2D eigenvalue weighted by molar-refractivity contribution is 0.225. The van der Waals surface area contributed by atoms with Crippen molar-refractivity contribution >= 4 is 23.4 Å². The van der Waals surface area contributed by atoms with E-state index in [0.717, 1.165) is 37.1 Å². The molecule has 1 fully saturated rings. The largest absolute Gasteiger partial charge is 0.333 e. The van der Waals surface area contributed by atoms with Gasteiger partial charge < -0.3 is 21.3 Å². The third-order valence-electron chi connectivity index (χ3n) is 4.46. The molecule has 0 radical (unpaired) electrons. The van der Waals surface area contributed by atoms with Crippen molar-refractivity contribution in [3.63, 3.8) is 0 Å². The van der Waals surface area contributed by atoms with Crippen LogP contribution in [0.1, 0.15) is 25.7 Å². The zero-order chi connectivity index (χ0) is 18.2. The van der Waals surface area contributed by atoms with Gasteiger partial charge in [-0.05, 0) is 37.1 Å². The van der Waals surface area contributed by atoms with Gasteiger partial charge >= 0.3 is 12.1 Å². The number of benzene rings is 2. The summed E-state index contributed by atoms with van der Waals surface area (Å²) in [7, 11) is 0. The first-order valence-electron chi connectivity index (χ1n) is 8.96. The topological polar surface area (TPSA) is 82.3 Å². The Bertz CT molecular complexity index is 658. The molecule has 3 rings (SSSR count). The normalized spacial score (nSPS) is 19.2. The summed E-state index contributed by atoms with van der Waals surface area (Å²) < 4.78 is 0. The number of rotatable bonds is 4. The van der Waals surface area contributed by atoms with Crippen molar-refractivity contribution in [2.24, 2.45) is 0 Å². The fourth-order valence-electron chi connectivity index (χ4n) is 3.19. The number of urea groups is 2. The van der Waals surface area contributed by atoms with Crippen LogP contribution in [0, 0.1) is 0 Å². The Kier molecular flexibility index (Phi) is 6.09. The Hall–Kier alpha value is -3.02. The maximum absolute atomic E-state index is 12.3. The van der Waals surface area contributed by atoms with Crippen molar-refractivity contribution in [3.8, 4) is 0 Å². The summed E-state index contributed by atoms with van der Waals surface area (Å²) in [6.45, 7) is 0. The highest BCUT2D eigenvalue weighted by Crippen LogP contribution is 2.19. The van der Waals surface area contributed by atoms with Crippen LogP contribution in [0.3, 0.4) is 0 Å². The quantitative estimate of drug-likeness (QED) is 0.672. The molecular formula is C20H24N4O2. The second-order valence-corrected chi connectivity index (χ2v) is 6.43. The smallest absolute Gasteiger partial charge is 0.319 e. The van der Waals surface area contributed by atoms with E-state index in [0.29, 0.717) is 0 Å². The molecule has 6 heteroatoms. The lowest BCUT2D eigenvalue weighted by atomic mass is 9.90. The third kappa shape index (κ3) is 5.24. The van der Waals surface area contributed by atoms with E-state index in [4.69, 9.17) is 0 Å². The summed E-state index contributed by atoms with van der Waals surface area (Å²) in [5.74, 6) is 0. The van der Waals surface area contributed by atoms with Crippen molar-refractivity contribution in [3.05, 3.63) is 60.7 Å². The Morgan fingerprint density at radius 2 is 1.04 bits per heavy atom. The minimum Gasteiger partial charge on any atom is -0.333 e. The van der Waals surface area contributed by atoms with Gasteiger partial charge in [0, 0.05) is 11.4 Å². The predicted molar refractivity (Wildman–Crippen MR) is 103 cm³/mol. The summed E-state index contributed by atoms with van der Waals surface area (Å²) in [4.78, 5) is 24.5. The van der Waals surface area contributed by atoms with Crippen molar-refractivity contribution in [2.75, 3.05) is 10.6 Å². The molecule has 1 saturated carbocycles. The average molecular weight is 352 g/mol. The maximum atomic E-state index is 12.3. The average Bonchev–Trinajstić information content (AvgIpc) is 2.65. The number of anilines is 2. The highest BCUT2D eigenvalue weighted by Gasteiger charge is 2.27. The first-order chi connectivity index (χ1) is 12.7. The first kappa shape index (κ1) is 17.8. The Morgan fingerprint density at radius 3 is 1.42 bits per heavy atom. The molecule has 2 aromatic rings. The molecule has 6 nitrogen and oxygen atoms in total. The van der Waals surface area contributed by atoms with E-state index in [1.165, 1.54) is 0 Å². The molecule has 0 bridgehead atoms. The molecule has 2 unspecified atom stereocenters. The van der Waals surface area contributed by atoms with Crippen LogP contribution in [0.15, 0.2) is 60.7 Å². The number of hydrogen-bond donors (Lipinski definition) is 4. The van der Waals surface area contributed by atoms with Gasteiger partial charge in [0.25, 0.3) is 0 Å². The van der Waals surface area contributed by atoms with Crippen molar-refractivity contribution in [1.82, 2.24) is 10.6 Å². The molecule has 1 aliphatic carbocycles. The first-order valence-corrected chi connectivity index (χ1v) is 8.96. The van der Waals surface area contributed by atoms with E-state index in [1.54, 1.807) is 0 Å². The van der Waals surface area contributed by atoms with Crippen LogP contribution >= 0.6 is 0 Å². The Balaban J connectivity index is 1.53. The monoisotopic (exact) mass is 352 g/mol. The molecule has 0 aromatic heterocycles. The molecule has 26 heavy (non-hydrogen) atoms. The zero-order valence-corrected chi connectivity index (χ0v) is 14.6. The zero-order valence-electron chi connectivity index (χ0n) is 14.6. The van der Waals surface area contributed by atoms with Gasteiger partial charge in [-0.25, -0.2) is 9.59 Å². The highest BCUT2D eigenvalue weighted by atomic mass is 16.2. The van der Waals surface area contributed by atoms with E-state index in [1.807, 2.05) is 60.7 Å². The van der Waals surface area contributed by atoms with Gasteiger partial charge in [0.2, 0.25) is 0 Å². The third-order valence-corrected chi connectivity index (χ3v) is 4.46. The summed E-state index contributed by atoms with van der Waals surface area (Å²) >= 11 is 0. The Labute approximate surface area is 153 Å². The van der Waals surface area contributed by atoms with E-state index < -0.39 is 0 Å². The van der Waals surface area contributed by atoms with Crippen LogP contribution < -0.4 is 21.3 Å². The van der Waals surface area contributed by atoms with Crippen LogP contribution in [0.5, 0.6) is 0 Å². The standard InChI is InChI=1S/C20H24N4O2/c25-19(21-15-9-3-1-4-10-15)23-17-13-7-8-14-18(17)24-20(26)22-16-11-5-2-6-12-16/h1-6,9-12,17-18H,7-8,13-14H2,(H2,21,23,25)(H2,22,24,26). The minimum absolute atomic E-state index is 0.0889. The van der Waals surface area contributed by atoms with Crippen LogP contribution in [-0.4, -0.2) is 24.1 Å². The SMILES string of the molecule is O=C(Nc1ccccc1)NC1CCCCC1NC(=O)Nc1ccccc1. The molecule has 2 aromatic carbocycles. The molecule has 0 saturated heterocycles. The molecule has 1 aliphatic rings. The number of carbonyl (C=O) groups excluding carboxylic acids is 2. The fraction of sp³-hybridized carbons (Fsp3) is 0.300. The predicted octanol–water partition coefficient (Wildman–Crippen LogP) is 3.94. The van der Waals surface area contributed by atoms with Crippen molar-refractivity contribution < 1.29 is 9.59 Å². The van der Waals surface area contributed by atoms with E-state index in [2.05, 4.69) is 21.3 Å². The second-order valence-electron chi connectivity index (χ2n) is 6.43. The lowest BCUT2D eigenvalue weighted by Crippen LogP contribution is -2.54. The lowest BCUT2D eigenvalue weighted by Gasteiger charge is -2.32. The van der Waals surface area contributed by atoms with E-state index in [-0.39, 0.29) is 24.1 Å². The van der Waals surface area contributed by atoms with Crippen LogP contribution in [-0.2, 0) is 0 Å². The maximum Gasteiger partial charge on any atom is 0.319 e. The summed E-state index contributed by atoms with van der Waals surface area (Å²) in [6.07, 6.45) is 3.76. The molecule has 136 valence electrons. The second kappa shape index (κ2) is 8.89. The minimum atomic E-state index is -0.252. The molecule has 0 heterocycles. The van der Waals surface area contributed by atoms with Gasteiger partial charge in [0.15, 0.2) is 0 Å². The fourth-order valence-corrected chi connectivity index (χ4v) is 3.19. The Morgan fingerprint density at radius 1 is 0.654 bits per heavy atom. The van der Waals surface area contributed by atoms with Gasteiger partial charge in [0.05, 0.1) is 12.1 Å². The highest BCUT2D eigenvalue weighted by molar-refractivity contribution is 5.90. The molecule has 0 spiro atoms. The summed E-state index contributed by atoms with van der Waals surface area (Å²) in [5.41, 5.74) is 1.49. The number of para-hydroxylation sites is 2. The van der Waals surface area contributed by atoms with Gasteiger partial charge in [0.1, 0.15) is 0 Å². The number of nitrogens with one attached hydrogen (secondary N) is 4. The van der Waals surface area contributed by atoms with E-state index in [9.17, 15) is 9.59 Å². The van der Waals surface area contributed by atoms with Crippen molar-refractivity contribution in [1.29, 1.82) is 0 Å². The van der Waals surface area contributed by atoms with Gasteiger partial charge in [-0.3, -0.25) is 0 Å². The molecule has 4 amide bonds. The van der Waals surface area contributed by atoms with Gasteiger partial charge in [-0.2, -0.15) is 0 Å². The van der Waals surface area contributed by atoms with Crippen molar-refractivity contribution in [2.45, 2.75) is 37.8 Å². The van der Waals surface area contributed by atoms with Gasteiger partial charge in [-0.15, -0.1) is 0 Å². The van der Waals surface area contributed by atoms with Crippen LogP contribution in [0.25, 0.3) is 0 Å². The molecule has 4 N–H and O–H groups in total. The van der Waals surface area contributed by atoms with E-state index >= 15 is 0 Å². The molecule has 0 aliphatic heterocycles. The summed E-state index contributed by atoms with van der Waals surface area (Å²) in [6, 6.07) is 17.9. The summed E-state index contributed by atoms with van der Waals surface area (Å²) in [5, 5.41) is 11.6. The number of amides is 4.